The van der Waals surface area contributed by atoms with E-state index in [2.05, 4.69) is 11.7 Å². The molecule has 0 aliphatic heterocycles. The lowest BCUT2D eigenvalue weighted by Crippen LogP contribution is -1.97. The van der Waals surface area contributed by atoms with Crippen molar-refractivity contribution < 1.29 is 0 Å². The molecule has 0 atom stereocenters. The van der Waals surface area contributed by atoms with Crippen LogP contribution in [0.5, 0.6) is 0 Å². The van der Waals surface area contributed by atoms with E-state index in [1.54, 1.807) is 6.20 Å². The summed E-state index contributed by atoms with van der Waals surface area (Å²) in [7, 11) is 0. The molecule has 0 aliphatic rings. The summed E-state index contributed by atoms with van der Waals surface area (Å²) in [5.41, 5.74) is 8.56. The van der Waals surface area contributed by atoms with Crippen LogP contribution < -0.4 is 5.73 Å². The van der Waals surface area contributed by atoms with Gasteiger partial charge in [-0.2, -0.15) is 0 Å². The van der Waals surface area contributed by atoms with Gasteiger partial charge in [-0.05, 0) is 19.2 Å². The summed E-state index contributed by atoms with van der Waals surface area (Å²) in [6, 6.07) is 7.91. The van der Waals surface area contributed by atoms with Gasteiger partial charge in [0.2, 0.25) is 0 Å². The van der Waals surface area contributed by atoms with Gasteiger partial charge < -0.3 is 5.73 Å². The van der Waals surface area contributed by atoms with Crippen LogP contribution in [0.3, 0.4) is 0 Å². The molecule has 0 bridgehead atoms. The summed E-state index contributed by atoms with van der Waals surface area (Å²) < 4.78 is 0. The Morgan fingerprint density at radius 3 is 2.75 bits per heavy atom. The number of rotatable bonds is 2. The number of benzene rings is 1. The average molecular weight is 160 g/mol. The van der Waals surface area contributed by atoms with E-state index in [4.69, 9.17) is 5.73 Å². The third kappa shape index (κ3) is 1.72. The van der Waals surface area contributed by atoms with Gasteiger partial charge in [0, 0.05) is 11.8 Å². The highest BCUT2D eigenvalue weighted by molar-refractivity contribution is 5.65. The van der Waals surface area contributed by atoms with E-state index in [1.807, 2.05) is 31.2 Å². The first-order valence-corrected chi connectivity index (χ1v) is 3.73. The first kappa shape index (κ1) is 8.53. The number of hydrogen-bond donors (Lipinski definition) is 1. The molecule has 0 radical (unpaired) electrons. The minimum absolute atomic E-state index is 0.656. The summed E-state index contributed by atoms with van der Waals surface area (Å²) >= 11 is 0. The molecule has 0 heterocycles. The third-order valence-corrected chi connectivity index (χ3v) is 1.69. The van der Waals surface area contributed by atoms with E-state index in [1.165, 1.54) is 0 Å². The fraction of sp³-hybridized carbons (Fsp3) is 0.100. The molecule has 0 aromatic heterocycles. The van der Waals surface area contributed by atoms with E-state index in [0.29, 0.717) is 5.70 Å². The lowest BCUT2D eigenvalue weighted by Gasteiger charge is -2.03. The zero-order chi connectivity index (χ0) is 8.97. The first-order chi connectivity index (χ1) is 5.75. The molecule has 2 N–H and O–H groups in total. The van der Waals surface area contributed by atoms with Gasteiger partial charge in [0.25, 0.3) is 0 Å². The largest absolute Gasteiger partial charge is 0.397 e. The summed E-state index contributed by atoms with van der Waals surface area (Å²) in [5.74, 6) is 0. The van der Waals surface area contributed by atoms with Gasteiger partial charge in [-0.15, -0.1) is 0 Å². The van der Waals surface area contributed by atoms with Crippen LogP contribution >= 0.6 is 0 Å². The highest BCUT2D eigenvalue weighted by atomic mass is 14.7. The predicted molar refractivity (Wildman–Crippen MR) is 52.9 cm³/mol. The van der Waals surface area contributed by atoms with E-state index in [0.717, 1.165) is 11.1 Å². The summed E-state index contributed by atoms with van der Waals surface area (Å²) in [4.78, 5) is 3.62. The van der Waals surface area contributed by atoms with Gasteiger partial charge in [-0.1, -0.05) is 24.3 Å². The molecule has 0 fully saturated rings. The van der Waals surface area contributed by atoms with Crippen molar-refractivity contribution in [3.63, 3.8) is 0 Å². The second-order valence-corrected chi connectivity index (χ2v) is 2.58. The molecule has 2 heteroatoms. The predicted octanol–water partition coefficient (Wildman–Crippen LogP) is 1.95. The van der Waals surface area contributed by atoms with Crippen molar-refractivity contribution >= 4 is 12.4 Å². The van der Waals surface area contributed by atoms with Gasteiger partial charge in [-0.25, -0.2) is 0 Å². The van der Waals surface area contributed by atoms with Crippen molar-refractivity contribution in [2.75, 3.05) is 0 Å². The standard InChI is InChI=1S/C10H12N2/c1-8-5-3-4-6-9(8)10(11)7-12-2/h3-7H,2,11H2,1H3/b10-7+. The van der Waals surface area contributed by atoms with Crippen molar-refractivity contribution in [2.24, 2.45) is 10.7 Å². The number of nitrogens with two attached hydrogens (primary N) is 1. The van der Waals surface area contributed by atoms with Crippen LogP contribution in [-0.2, 0) is 0 Å². The summed E-state index contributed by atoms with van der Waals surface area (Å²) in [6.07, 6.45) is 1.56. The van der Waals surface area contributed by atoms with Crippen molar-refractivity contribution in [2.45, 2.75) is 6.92 Å². The second kappa shape index (κ2) is 3.72. The van der Waals surface area contributed by atoms with E-state index >= 15 is 0 Å². The molecular weight excluding hydrogens is 148 g/mol. The van der Waals surface area contributed by atoms with Crippen molar-refractivity contribution in [1.82, 2.24) is 0 Å². The normalized spacial score (nSPS) is 11.2. The topological polar surface area (TPSA) is 38.4 Å². The van der Waals surface area contributed by atoms with Crippen LogP contribution in [-0.4, -0.2) is 6.72 Å². The maximum Gasteiger partial charge on any atom is 0.0576 e. The summed E-state index contributed by atoms with van der Waals surface area (Å²) in [5, 5.41) is 0. The fourth-order valence-electron chi connectivity index (χ4n) is 1.06. The van der Waals surface area contributed by atoms with E-state index < -0.39 is 0 Å². The lowest BCUT2D eigenvalue weighted by atomic mass is 10.1. The van der Waals surface area contributed by atoms with Gasteiger partial charge in [0.05, 0.1) is 5.70 Å². The Bertz CT molecular complexity index is 313. The quantitative estimate of drug-likeness (QED) is 0.660. The molecule has 0 unspecified atom stereocenters. The number of aryl methyl sites for hydroxylation is 1. The zero-order valence-corrected chi connectivity index (χ0v) is 7.12. The molecule has 0 aliphatic carbocycles. The van der Waals surface area contributed by atoms with Crippen LogP contribution in [0.1, 0.15) is 11.1 Å². The molecule has 0 saturated carbocycles. The van der Waals surface area contributed by atoms with Crippen molar-refractivity contribution in [1.29, 1.82) is 0 Å². The minimum Gasteiger partial charge on any atom is -0.397 e. The van der Waals surface area contributed by atoms with Crippen molar-refractivity contribution in [3.05, 3.63) is 41.6 Å². The molecule has 12 heavy (non-hydrogen) atoms. The van der Waals surface area contributed by atoms with Gasteiger partial charge in [0.15, 0.2) is 0 Å². The maximum absolute atomic E-state index is 5.73. The lowest BCUT2D eigenvalue weighted by molar-refractivity contribution is 1.38. The Kier molecular flexibility index (Phi) is 2.64. The second-order valence-electron chi connectivity index (χ2n) is 2.58. The maximum atomic E-state index is 5.73. The first-order valence-electron chi connectivity index (χ1n) is 3.73. The Balaban J connectivity index is 3.10. The molecule has 1 aromatic carbocycles. The molecule has 2 nitrogen and oxygen atoms in total. The molecule has 62 valence electrons. The number of hydrogen-bond acceptors (Lipinski definition) is 2. The van der Waals surface area contributed by atoms with E-state index in [-0.39, 0.29) is 0 Å². The molecular formula is C10H12N2. The molecule has 1 aromatic rings. The van der Waals surface area contributed by atoms with Gasteiger partial charge in [-0.3, -0.25) is 4.99 Å². The zero-order valence-electron chi connectivity index (χ0n) is 7.12. The average Bonchev–Trinajstić information content (AvgIpc) is 2.05. The third-order valence-electron chi connectivity index (χ3n) is 1.69. The fourth-order valence-corrected chi connectivity index (χ4v) is 1.06. The van der Waals surface area contributed by atoms with Gasteiger partial charge >= 0.3 is 0 Å². The van der Waals surface area contributed by atoms with Crippen LogP contribution in [0.2, 0.25) is 0 Å². The SMILES string of the molecule is C=N/C=C(/N)c1ccccc1C. The Morgan fingerprint density at radius 2 is 2.17 bits per heavy atom. The van der Waals surface area contributed by atoms with Crippen molar-refractivity contribution in [3.8, 4) is 0 Å². The molecule has 1 rings (SSSR count). The molecule has 0 saturated heterocycles. The minimum atomic E-state index is 0.656. The van der Waals surface area contributed by atoms with Crippen LogP contribution in [0, 0.1) is 6.92 Å². The van der Waals surface area contributed by atoms with Crippen LogP contribution in [0.4, 0.5) is 0 Å². The van der Waals surface area contributed by atoms with Crippen LogP contribution in [0.25, 0.3) is 5.70 Å². The van der Waals surface area contributed by atoms with Crippen LogP contribution in [0.15, 0.2) is 35.5 Å². The number of aliphatic imine (C=N–C) groups is 1. The number of nitrogens with zero attached hydrogens (tertiary/aromatic N) is 1. The Labute approximate surface area is 72.4 Å². The highest BCUT2D eigenvalue weighted by Crippen LogP contribution is 2.13. The monoisotopic (exact) mass is 160 g/mol. The highest BCUT2D eigenvalue weighted by Gasteiger charge is 1.97. The van der Waals surface area contributed by atoms with Gasteiger partial charge in [0.1, 0.15) is 0 Å². The Hall–Kier alpha value is -1.57. The molecule has 0 amide bonds. The smallest absolute Gasteiger partial charge is 0.0576 e. The Morgan fingerprint density at radius 1 is 1.50 bits per heavy atom. The molecule has 0 spiro atoms. The summed E-state index contributed by atoms with van der Waals surface area (Å²) in [6.45, 7) is 5.36. The van der Waals surface area contributed by atoms with E-state index in [9.17, 15) is 0 Å².